The Balaban J connectivity index is 1.21. The fraction of sp³-hybridized carbons (Fsp3) is 0.375. The molecule has 49 heavy (non-hydrogen) atoms. The van der Waals surface area contributed by atoms with Crippen LogP contribution in [0, 0.1) is 23.0 Å². The lowest BCUT2D eigenvalue weighted by molar-refractivity contribution is 0.106. The molecule has 0 bridgehead atoms. The first-order valence-corrected chi connectivity index (χ1v) is 16.8. The number of nitrogens with zero attached hydrogens (tertiary/aromatic N) is 8. The van der Waals surface area contributed by atoms with Gasteiger partial charge < -0.3 is 20.1 Å². The summed E-state index contributed by atoms with van der Waals surface area (Å²) in [5.41, 5.74) is 5.37. The fourth-order valence-corrected chi connectivity index (χ4v) is 8.56. The molecule has 12 nitrogen and oxygen atoms in total. The zero-order chi connectivity index (χ0) is 34.0. The van der Waals surface area contributed by atoms with Gasteiger partial charge in [-0.1, -0.05) is 17.7 Å². The van der Waals surface area contributed by atoms with E-state index >= 15 is 4.39 Å². The van der Waals surface area contributed by atoms with Gasteiger partial charge in [-0.25, -0.2) is 22.9 Å². The van der Waals surface area contributed by atoms with E-state index in [1.807, 2.05) is 6.07 Å². The summed E-state index contributed by atoms with van der Waals surface area (Å²) in [7, 11) is 0. The summed E-state index contributed by atoms with van der Waals surface area (Å²) in [6.07, 6.45) is 3.44. The molecule has 0 radical (unpaired) electrons. The number of likely N-dealkylation sites (tertiary alicyclic amines) is 1. The van der Waals surface area contributed by atoms with Gasteiger partial charge in [0, 0.05) is 36.9 Å². The topological polar surface area (TPSA) is 148 Å². The summed E-state index contributed by atoms with van der Waals surface area (Å²) < 4.78 is 59.9. The summed E-state index contributed by atoms with van der Waals surface area (Å²) in [4.78, 5) is 29.3. The van der Waals surface area contributed by atoms with E-state index in [1.165, 1.54) is 24.8 Å². The van der Waals surface area contributed by atoms with E-state index in [1.54, 1.807) is 4.90 Å². The minimum atomic E-state index is -0.981. The highest BCUT2D eigenvalue weighted by molar-refractivity contribution is 7.23. The Morgan fingerprint density at radius 1 is 1.24 bits per heavy atom. The number of aromatic nitrogens is 5. The normalized spacial score (nSPS) is 22.2. The van der Waals surface area contributed by atoms with Crippen LogP contribution in [0.4, 0.5) is 23.0 Å². The number of thiophene rings is 1. The average molecular weight is 710 g/mol. The number of fused-ring (bicyclic) bond motifs is 3. The minimum Gasteiger partial charge on any atom is -0.472 e. The van der Waals surface area contributed by atoms with Gasteiger partial charge in [0.1, 0.15) is 53.9 Å². The predicted octanol–water partition coefficient (Wildman–Crippen LogP) is 5.57. The van der Waals surface area contributed by atoms with Crippen LogP contribution in [0.15, 0.2) is 30.9 Å². The standard InChI is InChI=1S/C32H27ClF3N9O3S/c33-21-8-19-26(25(36)24(21)18-2-3-22(35)27-23(18)20(10-37)28(38)49-27)41-30(47-13-32-5-1-6-44(32)11-16(34)9-32)42-29(19)48-17-4-7-43(12-17)31(46)45-15-39-14-40-45/h2-3,8,14-17H,1,4-7,9,11-13,38H2/t16-,17-,32?/m1/s1. The van der Waals surface area contributed by atoms with Crippen LogP contribution >= 0.6 is 22.9 Å². The molecule has 3 aliphatic rings. The van der Waals surface area contributed by atoms with Gasteiger partial charge in [0.05, 0.1) is 32.8 Å². The number of carbonyl (C=O) groups is 1. The molecule has 8 rings (SSSR count). The molecule has 1 unspecified atom stereocenters. The fourth-order valence-electron chi connectivity index (χ4n) is 7.31. The molecule has 0 aliphatic carbocycles. The maximum atomic E-state index is 16.9. The number of nitriles is 1. The first kappa shape index (κ1) is 31.5. The monoisotopic (exact) mass is 709 g/mol. The van der Waals surface area contributed by atoms with Gasteiger partial charge in [0.2, 0.25) is 5.88 Å². The number of benzene rings is 2. The van der Waals surface area contributed by atoms with Crippen LogP contribution in [0.5, 0.6) is 11.9 Å². The third-order valence-corrected chi connectivity index (χ3v) is 10.9. The van der Waals surface area contributed by atoms with Crippen LogP contribution in [0.1, 0.15) is 31.2 Å². The SMILES string of the molecule is N#Cc1c(N)sc2c(F)ccc(-c3c(Cl)cc4c(O[C@@H]5CCN(C(=O)n6cncn6)C5)nc(OCC56CCCN5C[C@H](F)C6)nc4c3F)c12. The molecule has 3 aromatic heterocycles. The maximum absolute atomic E-state index is 16.9. The van der Waals surface area contributed by atoms with Crippen LogP contribution in [0.2, 0.25) is 5.02 Å². The number of hydrogen-bond acceptors (Lipinski definition) is 11. The Labute approximate surface area is 285 Å². The molecule has 252 valence electrons. The molecule has 0 saturated carbocycles. The van der Waals surface area contributed by atoms with Crippen molar-refractivity contribution in [1.29, 1.82) is 5.26 Å². The van der Waals surface area contributed by atoms with Crippen molar-refractivity contribution >= 4 is 55.0 Å². The van der Waals surface area contributed by atoms with Crippen LogP contribution in [0.3, 0.4) is 0 Å². The Kier molecular flexibility index (Phi) is 7.73. The Morgan fingerprint density at radius 3 is 2.90 bits per heavy atom. The van der Waals surface area contributed by atoms with Gasteiger partial charge in [0.25, 0.3) is 0 Å². The quantitative estimate of drug-likeness (QED) is 0.237. The molecule has 3 fully saturated rings. The molecule has 3 atom stereocenters. The zero-order valence-electron chi connectivity index (χ0n) is 25.7. The van der Waals surface area contributed by atoms with E-state index in [0.717, 1.165) is 41.5 Å². The molecule has 0 spiro atoms. The van der Waals surface area contributed by atoms with Gasteiger partial charge in [-0.05, 0) is 37.1 Å². The largest absolute Gasteiger partial charge is 0.472 e. The number of alkyl halides is 1. The van der Waals surface area contributed by atoms with Crippen LogP contribution in [-0.4, -0.2) is 91.2 Å². The lowest BCUT2D eigenvalue weighted by Gasteiger charge is -2.30. The summed E-state index contributed by atoms with van der Waals surface area (Å²) in [5, 5.41) is 14.0. The molecule has 6 heterocycles. The van der Waals surface area contributed by atoms with Gasteiger partial charge >= 0.3 is 12.0 Å². The van der Waals surface area contributed by atoms with Crippen molar-refractivity contribution in [2.24, 2.45) is 0 Å². The molecule has 1 amide bonds. The van der Waals surface area contributed by atoms with Gasteiger partial charge in [-0.3, -0.25) is 4.90 Å². The van der Waals surface area contributed by atoms with Crippen LogP contribution in [0.25, 0.3) is 32.1 Å². The number of nitrogens with two attached hydrogens (primary N) is 1. The zero-order valence-corrected chi connectivity index (χ0v) is 27.3. The number of amides is 1. The molecular weight excluding hydrogens is 683 g/mol. The van der Waals surface area contributed by atoms with Crippen molar-refractivity contribution in [3.63, 3.8) is 0 Å². The number of halogens is 4. The molecule has 2 aromatic carbocycles. The number of ether oxygens (including phenoxy) is 2. The first-order chi connectivity index (χ1) is 23.7. The Bertz CT molecular complexity index is 2180. The van der Waals surface area contributed by atoms with E-state index in [9.17, 15) is 18.8 Å². The van der Waals surface area contributed by atoms with Crippen molar-refractivity contribution < 1.29 is 27.4 Å². The molecule has 5 aromatic rings. The highest BCUT2D eigenvalue weighted by atomic mass is 35.5. The van der Waals surface area contributed by atoms with E-state index in [0.29, 0.717) is 25.9 Å². The van der Waals surface area contributed by atoms with E-state index < -0.39 is 29.4 Å². The Morgan fingerprint density at radius 2 is 2.10 bits per heavy atom. The second-order valence-electron chi connectivity index (χ2n) is 12.5. The van der Waals surface area contributed by atoms with Gasteiger partial charge in [-0.15, -0.1) is 11.3 Å². The first-order valence-electron chi connectivity index (χ1n) is 15.6. The number of rotatable bonds is 6. The molecular formula is C32H27ClF3N9O3S. The minimum absolute atomic E-state index is 0.00938. The van der Waals surface area contributed by atoms with Crippen molar-refractivity contribution in [1.82, 2.24) is 34.5 Å². The lowest BCUT2D eigenvalue weighted by atomic mass is 9.95. The number of hydrogen-bond donors (Lipinski definition) is 1. The van der Waals surface area contributed by atoms with Crippen molar-refractivity contribution in [2.45, 2.75) is 43.5 Å². The summed E-state index contributed by atoms with van der Waals surface area (Å²) in [6, 6.07) is 5.39. The summed E-state index contributed by atoms with van der Waals surface area (Å²) in [5.74, 6) is -1.51. The maximum Gasteiger partial charge on any atom is 0.346 e. The summed E-state index contributed by atoms with van der Waals surface area (Å²) >= 11 is 7.65. The van der Waals surface area contributed by atoms with Crippen molar-refractivity contribution in [3.8, 4) is 29.1 Å². The number of anilines is 1. The third kappa shape index (κ3) is 5.27. The van der Waals surface area contributed by atoms with Crippen LogP contribution < -0.4 is 15.2 Å². The Hall–Kier alpha value is -4.72. The van der Waals surface area contributed by atoms with E-state index in [4.69, 9.17) is 26.8 Å². The van der Waals surface area contributed by atoms with Gasteiger partial charge in [-0.2, -0.15) is 25.0 Å². The molecule has 2 N–H and O–H groups in total. The van der Waals surface area contributed by atoms with Crippen LogP contribution in [-0.2, 0) is 0 Å². The van der Waals surface area contributed by atoms with Gasteiger partial charge in [0.15, 0.2) is 5.82 Å². The number of nitrogen functional groups attached to an aromatic ring is 1. The van der Waals surface area contributed by atoms with Crippen molar-refractivity contribution in [3.05, 3.63) is 53.1 Å². The molecule has 17 heteroatoms. The second-order valence-corrected chi connectivity index (χ2v) is 13.9. The average Bonchev–Trinajstić information content (AvgIpc) is 3.91. The number of carbonyl (C=O) groups excluding carboxylic acids is 1. The summed E-state index contributed by atoms with van der Waals surface area (Å²) in [6.45, 7) is 1.71. The van der Waals surface area contributed by atoms with E-state index in [2.05, 4.69) is 25.0 Å². The molecule has 3 aliphatic heterocycles. The smallest absolute Gasteiger partial charge is 0.346 e. The molecule has 3 saturated heterocycles. The highest BCUT2D eigenvalue weighted by Crippen LogP contribution is 2.46. The lowest BCUT2D eigenvalue weighted by Crippen LogP contribution is -2.43. The highest BCUT2D eigenvalue weighted by Gasteiger charge is 2.49. The van der Waals surface area contributed by atoms with E-state index in [-0.39, 0.29) is 78.8 Å². The third-order valence-electron chi connectivity index (χ3n) is 9.57. The second kappa shape index (κ2) is 12.0. The predicted molar refractivity (Wildman–Crippen MR) is 174 cm³/mol. The van der Waals surface area contributed by atoms with Crippen molar-refractivity contribution in [2.75, 3.05) is 38.5 Å².